The van der Waals surface area contributed by atoms with Gasteiger partial charge in [-0.1, -0.05) is 19.9 Å². The van der Waals surface area contributed by atoms with Gasteiger partial charge in [-0.3, -0.25) is 0 Å². The normalized spacial score (nSPS) is 22.3. The van der Waals surface area contributed by atoms with Crippen LogP contribution in [0.15, 0.2) is 12.3 Å². The minimum absolute atomic E-state index is 0.304. The van der Waals surface area contributed by atoms with Crippen LogP contribution in [0.5, 0.6) is 0 Å². The maximum Gasteiger partial charge on any atom is 0.0490 e. The summed E-state index contributed by atoms with van der Waals surface area (Å²) >= 11 is 0. The van der Waals surface area contributed by atoms with Gasteiger partial charge in [0.05, 0.1) is 0 Å². The van der Waals surface area contributed by atoms with E-state index in [9.17, 15) is 0 Å². The molecule has 2 nitrogen and oxygen atoms in total. The first-order valence-electron chi connectivity index (χ1n) is 6.20. The van der Waals surface area contributed by atoms with Crippen LogP contribution >= 0.6 is 0 Å². The molecule has 0 amide bonds. The summed E-state index contributed by atoms with van der Waals surface area (Å²) in [6.45, 7) is 10.2. The van der Waals surface area contributed by atoms with Gasteiger partial charge in [-0.05, 0) is 35.5 Å². The van der Waals surface area contributed by atoms with Gasteiger partial charge in [0.1, 0.15) is 0 Å². The molecule has 1 aromatic heterocycles. The maximum absolute atomic E-state index is 3.50. The van der Waals surface area contributed by atoms with Crippen molar-refractivity contribution < 1.29 is 0 Å². The lowest BCUT2D eigenvalue weighted by molar-refractivity contribution is 0.521. The van der Waals surface area contributed by atoms with E-state index in [1.165, 1.54) is 23.3 Å². The third-order valence-electron chi connectivity index (χ3n) is 3.95. The first-order valence-corrected chi connectivity index (χ1v) is 6.20. The zero-order valence-electron chi connectivity index (χ0n) is 10.4. The van der Waals surface area contributed by atoms with E-state index in [1.807, 2.05) is 0 Å². The molecule has 1 aliphatic carbocycles. The van der Waals surface area contributed by atoms with Gasteiger partial charge in [0, 0.05) is 31.5 Å². The summed E-state index contributed by atoms with van der Waals surface area (Å²) in [5.41, 5.74) is 6.35. The van der Waals surface area contributed by atoms with Gasteiger partial charge < -0.3 is 9.88 Å². The Kier molecular flexibility index (Phi) is 2.05. The maximum atomic E-state index is 3.50. The smallest absolute Gasteiger partial charge is 0.0490 e. The minimum atomic E-state index is 0.304. The van der Waals surface area contributed by atoms with Gasteiger partial charge in [-0.25, -0.2) is 0 Å². The molecule has 86 valence electrons. The van der Waals surface area contributed by atoms with E-state index in [0.717, 1.165) is 19.6 Å². The molecule has 0 aromatic carbocycles. The van der Waals surface area contributed by atoms with Crippen molar-refractivity contribution in [2.75, 3.05) is 13.1 Å². The highest BCUT2D eigenvalue weighted by Crippen LogP contribution is 2.41. The van der Waals surface area contributed by atoms with E-state index >= 15 is 0 Å². The molecule has 0 spiro atoms. The lowest BCUT2D eigenvalue weighted by Gasteiger charge is -2.30. The SMILES string of the molecule is Cc1cn2c3c1C(C)(C)CC=C3CNCC2. The molecule has 0 radical (unpaired) electrons. The highest BCUT2D eigenvalue weighted by atomic mass is 15.0. The van der Waals surface area contributed by atoms with Crippen molar-refractivity contribution in [2.45, 2.75) is 39.2 Å². The van der Waals surface area contributed by atoms with Gasteiger partial charge >= 0.3 is 0 Å². The molecule has 0 saturated carbocycles. The van der Waals surface area contributed by atoms with E-state index in [0.29, 0.717) is 5.41 Å². The number of hydrogen-bond acceptors (Lipinski definition) is 1. The Morgan fingerprint density at radius 2 is 2.19 bits per heavy atom. The molecule has 3 rings (SSSR count). The zero-order valence-corrected chi connectivity index (χ0v) is 10.4. The lowest BCUT2D eigenvalue weighted by Crippen LogP contribution is -2.24. The van der Waals surface area contributed by atoms with Crippen molar-refractivity contribution in [1.82, 2.24) is 9.88 Å². The predicted octanol–water partition coefficient (Wildman–Crippen LogP) is 2.46. The van der Waals surface area contributed by atoms with Crippen LogP contribution in [-0.4, -0.2) is 17.7 Å². The summed E-state index contributed by atoms with van der Waals surface area (Å²) in [6.07, 6.45) is 5.93. The van der Waals surface area contributed by atoms with Crippen molar-refractivity contribution >= 4 is 5.57 Å². The quantitative estimate of drug-likeness (QED) is 0.705. The van der Waals surface area contributed by atoms with Gasteiger partial charge in [0.2, 0.25) is 0 Å². The molecule has 1 aromatic rings. The molecule has 1 aliphatic heterocycles. The number of aromatic nitrogens is 1. The largest absolute Gasteiger partial charge is 0.346 e. The summed E-state index contributed by atoms with van der Waals surface area (Å²) in [6, 6.07) is 0. The van der Waals surface area contributed by atoms with E-state index < -0.39 is 0 Å². The molecule has 16 heavy (non-hydrogen) atoms. The van der Waals surface area contributed by atoms with Crippen LogP contribution in [-0.2, 0) is 12.0 Å². The van der Waals surface area contributed by atoms with Crippen LogP contribution in [0.3, 0.4) is 0 Å². The first-order chi connectivity index (χ1) is 7.59. The number of nitrogens with one attached hydrogen (secondary N) is 1. The second-order valence-electron chi connectivity index (χ2n) is 5.72. The van der Waals surface area contributed by atoms with E-state index in [1.54, 1.807) is 5.56 Å². The molecular weight excluding hydrogens is 196 g/mol. The third-order valence-corrected chi connectivity index (χ3v) is 3.95. The molecule has 0 atom stereocenters. The summed E-state index contributed by atoms with van der Waals surface area (Å²) in [4.78, 5) is 0. The van der Waals surface area contributed by atoms with Gasteiger partial charge in [0.25, 0.3) is 0 Å². The fourth-order valence-corrected chi connectivity index (χ4v) is 3.22. The summed E-state index contributed by atoms with van der Waals surface area (Å²) < 4.78 is 2.44. The van der Waals surface area contributed by atoms with E-state index in [4.69, 9.17) is 0 Å². The summed E-state index contributed by atoms with van der Waals surface area (Å²) in [5.74, 6) is 0. The standard InChI is InChI=1S/C14H20N2/c1-10-9-16-7-6-15-8-11-4-5-14(2,3)12(10)13(11)16/h4,9,15H,5-8H2,1-3H3. The number of rotatable bonds is 0. The summed E-state index contributed by atoms with van der Waals surface area (Å²) in [7, 11) is 0. The third kappa shape index (κ3) is 1.29. The number of nitrogens with zero attached hydrogens (tertiary/aromatic N) is 1. The predicted molar refractivity (Wildman–Crippen MR) is 67.7 cm³/mol. The molecule has 0 fully saturated rings. The van der Waals surface area contributed by atoms with Gasteiger partial charge in [-0.2, -0.15) is 0 Å². The Morgan fingerprint density at radius 1 is 1.38 bits per heavy atom. The van der Waals surface area contributed by atoms with Crippen molar-refractivity contribution in [2.24, 2.45) is 0 Å². The second kappa shape index (κ2) is 3.24. The summed E-state index contributed by atoms with van der Waals surface area (Å²) in [5, 5.41) is 3.50. The van der Waals surface area contributed by atoms with Crippen molar-refractivity contribution in [1.29, 1.82) is 0 Å². The molecular formula is C14H20N2. The van der Waals surface area contributed by atoms with Gasteiger partial charge in [0.15, 0.2) is 0 Å². The van der Waals surface area contributed by atoms with Crippen LogP contribution in [0.4, 0.5) is 0 Å². The number of allylic oxidation sites excluding steroid dienone is 1. The highest BCUT2D eigenvalue weighted by Gasteiger charge is 2.33. The van der Waals surface area contributed by atoms with Crippen LogP contribution < -0.4 is 5.32 Å². The minimum Gasteiger partial charge on any atom is -0.346 e. The van der Waals surface area contributed by atoms with Crippen LogP contribution in [0.25, 0.3) is 5.57 Å². The van der Waals surface area contributed by atoms with Gasteiger partial charge in [-0.15, -0.1) is 0 Å². The average molecular weight is 216 g/mol. The first kappa shape index (κ1) is 10.2. The number of hydrogen-bond donors (Lipinski definition) is 1. The Balaban J connectivity index is 2.27. The fraction of sp³-hybridized carbons (Fsp3) is 0.571. The second-order valence-corrected chi connectivity index (χ2v) is 5.72. The van der Waals surface area contributed by atoms with Crippen molar-refractivity contribution in [3.05, 3.63) is 29.1 Å². The van der Waals surface area contributed by atoms with Crippen molar-refractivity contribution in [3.8, 4) is 0 Å². The fourth-order valence-electron chi connectivity index (χ4n) is 3.22. The molecule has 2 aliphatic rings. The molecule has 1 N–H and O–H groups in total. The highest BCUT2D eigenvalue weighted by molar-refractivity contribution is 5.72. The van der Waals surface area contributed by atoms with E-state index in [-0.39, 0.29) is 0 Å². The molecule has 2 heterocycles. The number of aryl methyl sites for hydroxylation is 1. The molecule has 0 unspecified atom stereocenters. The Morgan fingerprint density at radius 3 is 3.00 bits per heavy atom. The Bertz CT molecular complexity index is 463. The van der Waals surface area contributed by atoms with Crippen LogP contribution in [0.2, 0.25) is 0 Å². The Hall–Kier alpha value is -1.02. The molecule has 0 saturated heterocycles. The van der Waals surface area contributed by atoms with Crippen LogP contribution in [0, 0.1) is 6.92 Å². The molecule has 0 bridgehead atoms. The zero-order chi connectivity index (χ0) is 11.3. The average Bonchev–Trinajstić information content (AvgIpc) is 2.42. The van der Waals surface area contributed by atoms with Crippen molar-refractivity contribution in [3.63, 3.8) is 0 Å². The monoisotopic (exact) mass is 216 g/mol. The van der Waals surface area contributed by atoms with Crippen LogP contribution in [0.1, 0.15) is 37.1 Å². The lowest BCUT2D eigenvalue weighted by atomic mass is 9.74. The Labute approximate surface area is 97.3 Å². The topological polar surface area (TPSA) is 17.0 Å². The van der Waals surface area contributed by atoms with E-state index in [2.05, 4.69) is 42.9 Å². The molecule has 2 heteroatoms.